The van der Waals surface area contributed by atoms with Gasteiger partial charge in [0.15, 0.2) is 0 Å². The summed E-state index contributed by atoms with van der Waals surface area (Å²) >= 11 is 1.80. The van der Waals surface area contributed by atoms with Gasteiger partial charge in [0.1, 0.15) is 5.75 Å². The second-order valence-corrected chi connectivity index (χ2v) is 8.88. The van der Waals surface area contributed by atoms with Gasteiger partial charge >= 0.3 is 0 Å². The molecule has 0 aliphatic carbocycles. The van der Waals surface area contributed by atoms with Crippen LogP contribution in [0.3, 0.4) is 0 Å². The summed E-state index contributed by atoms with van der Waals surface area (Å²) in [6.07, 6.45) is 2.09. The van der Waals surface area contributed by atoms with Crippen LogP contribution in [0.5, 0.6) is 5.75 Å². The van der Waals surface area contributed by atoms with Crippen molar-refractivity contribution in [3.8, 4) is 5.75 Å². The third kappa shape index (κ3) is 6.05. The molecule has 4 rings (SSSR count). The monoisotopic (exact) mass is 424 g/mol. The van der Waals surface area contributed by atoms with Gasteiger partial charge in [-0.25, -0.2) is 0 Å². The predicted molar refractivity (Wildman–Crippen MR) is 126 cm³/mol. The minimum absolute atomic E-state index is 0.803. The second kappa shape index (κ2) is 10.9. The Kier molecular flexibility index (Phi) is 7.76. The molecule has 2 aromatic carbocycles. The van der Waals surface area contributed by atoms with Gasteiger partial charge in [0.2, 0.25) is 0 Å². The van der Waals surface area contributed by atoms with Gasteiger partial charge in [-0.1, -0.05) is 24.3 Å². The summed E-state index contributed by atoms with van der Waals surface area (Å²) in [4.78, 5) is 5.10. The quantitative estimate of drug-likeness (QED) is 0.452. The van der Waals surface area contributed by atoms with Crippen LogP contribution in [0.2, 0.25) is 0 Å². The summed E-state index contributed by atoms with van der Waals surface area (Å²) in [5.74, 6) is 0.929. The highest BCUT2D eigenvalue weighted by Gasteiger charge is 2.16. The molecule has 30 heavy (non-hydrogen) atoms. The van der Waals surface area contributed by atoms with Crippen molar-refractivity contribution in [2.75, 3.05) is 59.6 Å². The number of hydrogen-bond donors (Lipinski definition) is 0. The first-order valence-corrected chi connectivity index (χ1v) is 11.8. The van der Waals surface area contributed by atoms with Crippen LogP contribution < -0.4 is 4.74 Å². The van der Waals surface area contributed by atoms with E-state index >= 15 is 0 Å². The molecule has 0 amide bonds. The number of fused-ring (bicyclic) bond motifs is 1. The topological polar surface area (TPSA) is 24.9 Å². The molecule has 1 aliphatic heterocycles. The first-order valence-electron chi connectivity index (χ1n) is 10.9. The van der Waals surface area contributed by atoms with Gasteiger partial charge in [0, 0.05) is 44.0 Å². The molecule has 0 atom stereocenters. The SMILES string of the molecule is COc1ccc(CCN2CCN(CCOCCc3ccc4sccc4c3)CC2)cc1. The lowest BCUT2D eigenvalue weighted by molar-refractivity contribution is 0.0772. The molecule has 3 aromatic rings. The number of nitrogens with zero attached hydrogens (tertiary/aromatic N) is 2. The fourth-order valence-electron chi connectivity index (χ4n) is 3.97. The van der Waals surface area contributed by atoms with Gasteiger partial charge in [-0.15, -0.1) is 11.3 Å². The third-order valence-corrected chi connectivity index (χ3v) is 6.84. The van der Waals surface area contributed by atoms with Crippen molar-refractivity contribution in [3.05, 3.63) is 65.0 Å². The van der Waals surface area contributed by atoms with E-state index in [0.29, 0.717) is 0 Å². The molecule has 0 spiro atoms. The molecule has 160 valence electrons. The molecule has 1 aromatic heterocycles. The number of piperazine rings is 1. The lowest BCUT2D eigenvalue weighted by Gasteiger charge is -2.34. The maximum Gasteiger partial charge on any atom is 0.118 e. The summed E-state index contributed by atoms with van der Waals surface area (Å²) in [7, 11) is 1.71. The zero-order valence-corrected chi connectivity index (χ0v) is 18.7. The van der Waals surface area contributed by atoms with Crippen molar-refractivity contribution in [2.24, 2.45) is 0 Å². The van der Waals surface area contributed by atoms with Crippen LogP contribution in [0.15, 0.2) is 53.9 Å². The molecule has 0 N–H and O–H groups in total. The highest BCUT2D eigenvalue weighted by molar-refractivity contribution is 7.17. The van der Waals surface area contributed by atoms with Crippen molar-refractivity contribution < 1.29 is 9.47 Å². The average molecular weight is 425 g/mol. The molecule has 0 unspecified atom stereocenters. The van der Waals surface area contributed by atoms with E-state index in [-0.39, 0.29) is 0 Å². The number of thiophene rings is 1. The largest absolute Gasteiger partial charge is 0.497 e. The van der Waals surface area contributed by atoms with Crippen LogP contribution in [0.25, 0.3) is 10.1 Å². The first kappa shape index (κ1) is 21.3. The van der Waals surface area contributed by atoms with Crippen molar-refractivity contribution in [1.29, 1.82) is 0 Å². The normalized spacial score (nSPS) is 15.6. The number of benzene rings is 2. The van der Waals surface area contributed by atoms with E-state index < -0.39 is 0 Å². The van der Waals surface area contributed by atoms with Gasteiger partial charge < -0.3 is 14.4 Å². The fourth-order valence-corrected chi connectivity index (χ4v) is 4.74. The van der Waals surface area contributed by atoms with Crippen LogP contribution in [-0.4, -0.2) is 69.4 Å². The maximum atomic E-state index is 5.92. The maximum absolute atomic E-state index is 5.92. The summed E-state index contributed by atoms with van der Waals surface area (Å²) in [5, 5.41) is 3.51. The van der Waals surface area contributed by atoms with Gasteiger partial charge in [-0.3, -0.25) is 4.90 Å². The number of ether oxygens (including phenoxy) is 2. The van der Waals surface area contributed by atoms with Crippen molar-refractivity contribution in [1.82, 2.24) is 9.80 Å². The molecule has 0 saturated carbocycles. The summed E-state index contributed by atoms with van der Waals surface area (Å²) in [6.45, 7) is 8.38. The Morgan fingerprint density at radius 3 is 2.30 bits per heavy atom. The molecular weight excluding hydrogens is 392 g/mol. The average Bonchev–Trinajstić information content (AvgIpc) is 3.26. The molecule has 1 aliphatic rings. The van der Waals surface area contributed by atoms with Crippen LogP contribution >= 0.6 is 11.3 Å². The number of hydrogen-bond acceptors (Lipinski definition) is 5. The molecule has 4 nitrogen and oxygen atoms in total. The lowest BCUT2D eigenvalue weighted by atomic mass is 10.1. The van der Waals surface area contributed by atoms with E-state index in [1.807, 2.05) is 12.1 Å². The zero-order valence-electron chi connectivity index (χ0n) is 17.9. The minimum atomic E-state index is 0.803. The Hall–Kier alpha value is -1.92. The molecule has 1 fully saturated rings. The molecular formula is C25H32N2O2S. The highest BCUT2D eigenvalue weighted by Crippen LogP contribution is 2.22. The van der Waals surface area contributed by atoms with Gasteiger partial charge in [-0.2, -0.15) is 0 Å². The van der Waals surface area contributed by atoms with E-state index in [9.17, 15) is 0 Å². The van der Waals surface area contributed by atoms with Crippen LogP contribution in [0.1, 0.15) is 11.1 Å². The standard InChI is InChI=1S/C25H32N2O2S/c1-28-24-5-2-21(3-6-24)8-11-26-12-14-27(15-13-26)16-18-29-17-9-22-4-7-25-23(20-22)10-19-30-25/h2-7,10,19-20H,8-9,11-18H2,1H3. The number of methoxy groups -OCH3 is 1. The summed E-state index contributed by atoms with van der Waals surface area (Å²) in [6, 6.07) is 17.4. The highest BCUT2D eigenvalue weighted by atomic mass is 32.1. The van der Waals surface area contributed by atoms with E-state index in [1.165, 1.54) is 21.2 Å². The van der Waals surface area contributed by atoms with Crippen molar-refractivity contribution >= 4 is 21.4 Å². The second-order valence-electron chi connectivity index (χ2n) is 7.94. The molecule has 0 radical (unpaired) electrons. The Labute approximate surface area is 184 Å². The fraction of sp³-hybridized carbons (Fsp3) is 0.440. The van der Waals surface area contributed by atoms with Crippen molar-refractivity contribution in [2.45, 2.75) is 12.8 Å². The van der Waals surface area contributed by atoms with E-state index in [2.05, 4.69) is 51.6 Å². The van der Waals surface area contributed by atoms with Crippen molar-refractivity contribution in [3.63, 3.8) is 0 Å². The summed E-state index contributed by atoms with van der Waals surface area (Å²) < 4.78 is 12.5. The molecule has 5 heteroatoms. The van der Waals surface area contributed by atoms with Crippen LogP contribution in [-0.2, 0) is 17.6 Å². The molecule has 2 heterocycles. The van der Waals surface area contributed by atoms with Gasteiger partial charge in [-0.05, 0) is 59.0 Å². The Balaban J connectivity index is 1.07. The summed E-state index contributed by atoms with van der Waals surface area (Å²) in [5.41, 5.74) is 2.75. The lowest BCUT2D eigenvalue weighted by Crippen LogP contribution is -2.47. The van der Waals surface area contributed by atoms with Crippen LogP contribution in [0.4, 0.5) is 0 Å². The minimum Gasteiger partial charge on any atom is -0.497 e. The predicted octanol–water partition coefficient (Wildman–Crippen LogP) is 4.33. The van der Waals surface area contributed by atoms with Gasteiger partial charge in [0.05, 0.1) is 20.3 Å². The Morgan fingerprint density at radius 2 is 1.53 bits per heavy atom. The number of rotatable bonds is 10. The zero-order chi connectivity index (χ0) is 20.6. The van der Waals surface area contributed by atoms with E-state index in [0.717, 1.165) is 71.1 Å². The molecule has 1 saturated heterocycles. The first-order chi connectivity index (χ1) is 14.8. The van der Waals surface area contributed by atoms with E-state index in [1.54, 1.807) is 18.4 Å². The third-order valence-electron chi connectivity index (χ3n) is 5.94. The smallest absolute Gasteiger partial charge is 0.118 e. The van der Waals surface area contributed by atoms with E-state index in [4.69, 9.17) is 9.47 Å². The Bertz CT molecular complexity index is 901. The Morgan fingerprint density at radius 1 is 0.800 bits per heavy atom. The molecule has 0 bridgehead atoms. The van der Waals surface area contributed by atoms with Gasteiger partial charge in [0.25, 0.3) is 0 Å². The van der Waals surface area contributed by atoms with Crippen LogP contribution in [0, 0.1) is 0 Å².